The average molecular weight is 213 g/mol. The van der Waals surface area contributed by atoms with E-state index < -0.39 is 0 Å². The van der Waals surface area contributed by atoms with Crippen LogP contribution in [0.5, 0.6) is 11.5 Å². The number of fused-ring (bicyclic) bond motifs is 1. The van der Waals surface area contributed by atoms with E-state index in [1.807, 2.05) is 0 Å². The first-order chi connectivity index (χ1) is 7.33. The second-order valence-corrected chi connectivity index (χ2v) is 3.18. The van der Waals surface area contributed by atoms with Gasteiger partial charge in [0.05, 0.1) is 6.61 Å². The van der Waals surface area contributed by atoms with Crippen LogP contribution in [-0.4, -0.2) is 19.8 Å². The first kappa shape index (κ1) is 10.2. The molecule has 2 rings (SSSR count). The number of ether oxygens (including phenoxy) is 2. The minimum absolute atomic E-state index is 0.191. The topological polar surface area (TPSA) is 53.7 Å². The zero-order valence-electron chi connectivity index (χ0n) is 8.16. The summed E-state index contributed by atoms with van der Waals surface area (Å²) in [6.45, 7) is 1.11. The molecule has 0 spiro atoms. The number of benzene rings is 1. The maximum Gasteiger partial charge on any atom is 0.197 e. The van der Waals surface area contributed by atoms with Crippen LogP contribution in [0.25, 0.3) is 0 Å². The molecule has 0 fully saturated rings. The van der Waals surface area contributed by atoms with Crippen molar-refractivity contribution in [1.82, 2.24) is 0 Å². The molecule has 1 aromatic carbocycles. The number of rotatable bonds is 3. The molecule has 0 aromatic heterocycles. The van der Waals surface area contributed by atoms with Gasteiger partial charge in [-0.25, -0.2) is 10.3 Å². The second-order valence-electron chi connectivity index (χ2n) is 3.18. The lowest BCUT2D eigenvalue weighted by atomic mass is 10.1. The van der Waals surface area contributed by atoms with Crippen LogP contribution in [0.2, 0.25) is 0 Å². The van der Waals surface area contributed by atoms with Gasteiger partial charge in [-0.05, 0) is 11.6 Å². The molecule has 4 nitrogen and oxygen atoms in total. The van der Waals surface area contributed by atoms with Crippen molar-refractivity contribution in [2.45, 2.75) is 6.42 Å². The van der Waals surface area contributed by atoms with Crippen molar-refractivity contribution >= 4 is 0 Å². The Bertz CT molecular complexity index is 357. The van der Waals surface area contributed by atoms with E-state index in [9.17, 15) is 4.39 Å². The fourth-order valence-corrected chi connectivity index (χ4v) is 1.48. The van der Waals surface area contributed by atoms with Gasteiger partial charge in [0, 0.05) is 6.42 Å². The number of hydrogen-bond acceptors (Lipinski definition) is 4. The molecule has 0 saturated heterocycles. The lowest BCUT2D eigenvalue weighted by Crippen LogP contribution is -2.17. The first-order valence-corrected chi connectivity index (χ1v) is 4.71. The fraction of sp³-hybridized carbons (Fsp3) is 0.400. The van der Waals surface area contributed by atoms with Crippen LogP contribution in [-0.2, 0) is 11.3 Å². The Balaban J connectivity index is 2.26. The van der Waals surface area contributed by atoms with Crippen molar-refractivity contribution in [3.8, 4) is 11.5 Å². The van der Waals surface area contributed by atoms with Gasteiger partial charge in [0.15, 0.2) is 17.3 Å². The number of halogens is 1. The monoisotopic (exact) mass is 213 g/mol. The zero-order chi connectivity index (χ0) is 10.7. The molecule has 1 heterocycles. The molecule has 15 heavy (non-hydrogen) atoms. The lowest BCUT2D eigenvalue weighted by Gasteiger charge is -2.19. The predicted octanol–water partition coefficient (Wildman–Crippen LogP) is 1.03. The molecule has 0 amide bonds. The molecule has 1 aromatic rings. The average Bonchev–Trinajstić information content (AvgIpc) is 2.29. The van der Waals surface area contributed by atoms with Crippen molar-refractivity contribution in [3.05, 3.63) is 23.5 Å². The molecular weight excluding hydrogens is 201 g/mol. The van der Waals surface area contributed by atoms with Crippen molar-refractivity contribution in [2.75, 3.05) is 19.8 Å². The Morgan fingerprint density at radius 1 is 1.33 bits per heavy atom. The summed E-state index contributed by atoms with van der Waals surface area (Å²) in [4.78, 5) is 4.41. The first-order valence-electron chi connectivity index (χ1n) is 4.71. The van der Waals surface area contributed by atoms with E-state index in [4.69, 9.17) is 15.4 Å². The molecule has 0 atom stereocenters. The molecule has 5 heteroatoms. The summed E-state index contributed by atoms with van der Waals surface area (Å²) in [5, 5.41) is 0. The molecule has 0 saturated carbocycles. The third-order valence-corrected chi connectivity index (χ3v) is 2.22. The molecule has 82 valence electrons. The third kappa shape index (κ3) is 2.03. The van der Waals surface area contributed by atoms with Gasteiger partial charge in [-0.2, -0.15) is 0 Å². The van der Waals surface area contributed by atoms with E-state index in [2.05, 4.69) is 4.84 Å². The summed E-state index contributed by atoms with van der Waals surface area (Å²) in [5.41, 5.74) is 0.518. The fourth-order valence-electron chi connectivity index (χ4n) is 1.48. The molecule has 0 aliphatic carbocycles. The Kier molecular flexibility index (Phi) is 3.03. The van der Waals surface area contributed by atoms with Gasteiger partial charge in [0.1, 0.15) is 13.2 Å². The third-order valence-electron chi connectivity index (χ3n) is 2.22. The number of hydrogen-bond donors (Lipinski definition) is 1. The molecule has 0 unspecified atom stereocenters. The van der Waals surface area contributed by atoms with Crippen LogP contribution < -0.4 is 15.4 Å². The van der Waals surface area contributed by atoms with Gasteiger partial charge < -0.3 is 14.3 Å². The Labute approximate surface area is 86.7 Å². The summed E-state index contributed by atoms with van der Waals surface area (Å²) in [7, 11) is 0. The van der Waals surface area contributed by atoms with Crippen molar-refractivity contribution in [2.24, 2.45) is 5.90 Å². The van der Waals surface area contributed by atoms with Gasteiger partial charge >= 0.3 is 0 Å². The molecule has 1 aliphatic heterocycles. The normalized spacial score (nSPS) is 14.0. The Morgan fingerprint density at radius 2 is 2.13 bits per heavy atom. The van der Waals surface area contributed by atoms with Crippen molar-refractivity contribution in [3.63, 3.8) is 0 Å². The molecule has 2 N–H and O–H groups in total. The van der Waals surface area contributed by atoms with Crippen LogP contribution in [0, 0.1) is 5.82 Å². The summed E-state index contributed by atoms with van der Waals surface area (Å²) in [6.07, 6.45) is 0.416. The van der Waals surface area contributed by atoms with E-state index in [1.54, 1.807) is 12.1 Å². The van der Waals surface area contributed by atoms with Gasteiger partial charge in [-0.15, -0.1) is 0 Å². The van der Waals surface area contributed by atoms with Crippen LogP contribution in [0.15, 0.2) is 12.1 Å². The summed E-state index contributed by atoms with van der Waals surface area (Å²) in [6, 6.07) is 3.35. The van der Waals surface area contributed by atoms with E-state index in [0.717, 1.165) is 0 Å². The number of nitrogens with two attached hydrogens (primary N) is 1. The quantitative estimate of drug-likeness (QED) is 0.762. The smallest absolute Gasteiger partial charge is 0.197 e. The minimum Gasteiger partial charge on any atom is -0.486 e. The summed E-state index contributed by atoms with van der Waals surface area (Å²) in [5.74, 6) is 5.15. The molecule has 0 bridgehead atoms. The highest BCUT2D eigenvalue weighted by molar-refractivity contribution is 5.45. The maximum absolute atomic E-state index is 13.8. The van der Waals surface area contributed by atoms with Gasteiger partial charge in [0.2, 0.25) is 0 Å². The highest BCUT2D eigenvalue weighted by Crippen LogP contribution is 2.34. The Morgan fingerprint density at radius 3 is 2.93 bits per heavy atom. The predicted molar refractivity (Wildman–Crippen MR) is 51.2 cm³/mol. The van der Waals surface area contributed by atoms with Crippen LogP contribution in [0.3, 0.4) is 0 Å². The largest absolute Gasteiger partial charge is 0.486 e. The summed E-state index contributed by atoms with van der Waals surface area (Å²) < 4.78 is 24.2. The highest BCUT2D eigenvalue weighted by atomic mass is 19.1. The van der Waals surface area contributed by atoms with E-state index in [-0.39, 0.29) is 18.2 Å². The van der Waals surface area contributed by atoms with E-state index in [0.29, 0.717) is 30.9 Å². The van der Waals surface area contributed by atoms with Crippen molar-refractivity contribution in [1.29, 1.82) is 0 Å². The van der Waals surface area contributed by atoms with Gasteiger partial charge in [-0.3, -0.25) is 0 Å². The zero-order valence-corrected chi connectivity index (χ0v) is 8.16. The second kappa shape index (κ2) is 4.46. The Hall–Kier alpha value is -1.33. The van der Waals surface area contributed by atoms with Crippen LogP contribution >= 0.6 is 0 Å². The molecular formula is C10H12FNO3. The summed E-state index contributed by atoms with van der Waals surface area (Å²) >= 11 is 0. The van der Waals surface area contributed by atoms with E-state index in [1.165, 1.54) is 0 Å². The van der Waals surface area contributed by atoms with Crippen LogP contribution in [0.4, 0.5) is 4.39 Å². The van der Waals surface area contributed by atoms with Gasteiger partial charge in [0.25, 0.3) is 0 Å². The SMILES string of the molecule is NOCCc1ccc2c(c1F)OCCO2. The van der Waals surface area contributed by atoms with Crippen molar-refractivity contribution < 1.29 is 18.7 Å². The molecule has 1 aliphatic rings. The maximum atomic E-state index is 13.8. The standard InChI is InChI=1S/C10H12FNO3/c11-9-7(3-4-15-12)1-2-8-10(9)14-6-5-13-8/h1-2H,3-6,12H2. The molecule has 0 radical (unpaired) electrons. The highest BCUT2D eigenvalue weighted by Gasteiger charge is 2.18. The minimum atomic E-state index is -0.385. The lowest BCUT2D eigenvalue weighted by molar-refractivity contribution is 0.139. The van der Waals surface area contributed by atoms with Gasteiger partial charge in [-0.1, -0.05) is 6.07 Å². The van der Waals surface area contributed by atoms with E-state index >= 15 is 0 Å². The van der Waals surface area contributed by atoms with Crippen LogP contribution in [0.1, 0.15) is 5.56 Å².